The zero-order chi connectivity index (χ0) is 9.80. The van der Waals surface area contributed by atoms with Gasteiger partial charge in [-0.2, -0.15) is 10.2 Å². The van der Waals surface area contributed by atoms with E-state index in [9.17, 15) is 0 Å². The van der Waals surface area contributed by atoms with Crippen LogP contribution in [0.15, 0.2) is 58.4 Å². The Kier molecular flexibility index (Phi) is 2.40. The van der Waals surface area contributed by atoms with Gasteiger partial charge < -0.3 is 5.11 Å². The monoisotopic (exact) mass is 186 g/mol. The fourth-order valence-electron chi connectivity index (χ4n) is 1.15. The van der Waals surface area contributed by atoms with Crippen LogP contribution in [0, 0.1) is 0 Å². The molecule has 1 aliphatic rings. The molecule has 0 radical (unpaired) electrons. The van der Waals surface area contributed by atoms with E-state index in [4.69, 9.17) is 5.11 Å². The molecular formula is C11H10N2O. The van der Waals surface area contributed by atoms with E-state index in [1.165, 1.54) is 0 Å². The summed E-state index contributed by atoms with van der Waals surface area (Å²) in [4.78, 5) is 0. The highest BCUT2D eigenvalue weighted by molar-refractivity contribution is 5.40. The highest BCUT2D eigenvalue weighted by atomic mass is 16.3. The Balaban J connectivity index is 2.07. The van der Waals surface area contributed by atoms with Gasteiger partial charge in [-0.25, -0.2) is 0 Å². The lowest BCUT2D eigenvalue weighted by Gasteiger charge is -1.93. The van der Waals surface area contributed by atoms with Crippen LogP contribution >= 0.6 is 0 Å². The summed E-state index contributed by atoms with van der Waals surface area (Å²) in [6, 6.07) is 6.63. The Bertz CT molecular complexity index is 402. The Morgan fingerprint density at radius 3 is 2.50 bits per heavy atom. The molecule has 1 aliphatic carbocycles. The zero-order valence-corrected chi connectivity index (χ0v) is 7.59. The van der Waals surface area contributed by atoms with Crippen LogP contribution in [-0.2, 0) is 0 Å². The van der Waals surface area contributed by atoms with Crippen molar-refractivity contribution in [2.24, 2.45) is 10.2 Å². The van der Waals surface area contributed by atoms with Crippen molar-refractivity contribution in [1.29, 1.82) is 0 Å². The second-order valence-electron chi connectivity index (χ2n) is 3.01. The van der Waals surface area contributed by atoms with Crippen LogP contribution < -0.4 is 0 Å². The minimum absolute atomic E-state index is 0.241. The standard InChI is InChI=1S/C11H10N2O/c14-11-7-5-10(6-8-11)13-12-9-3-1-2-4-9/h1-3,5-8,14H,4H2. The van der Waals surface area contributed by atoms with Crippen molar-refractivity contribution in [1.82, 2.24) is 0 Å². The van der Waals surface area contributed by atoms with Gasteiger partial charge in [-0.3, -0.25) is 0 Å². The molecule has 3 nitrogen and oxygen atoms in total. The maximum atomic E-state index is 9.04. The number of benzene rings is 1. The fraction of sp³-hybridized carbons (Fsp3) is 0.0909. The molecule has 0 spiro atoms. The third kappa shape index (κ3) is 2.07. The molecule has 0 saturated heterocycles. The summed E-state index contributed by atoms with van der Waals surface area (Å²) in [6.07, 6.45) is 6.78. The second kappa shape index (κ2) is 3.87. The average Bonchev–Trinajstić information content (AvgIpc) is 2.70. The number of phenolic OH excluding ortho intramolecular Hbond substituents is 1. The van der Waals surface area contributed by atoms with Crippen molar-refractivity contribution in [3.63, 3.8) is 0 Å². The van der Waals surface area contributed by atoms with Gasteiger partial charge in [0.05, 0.1) is 11.4 Å². The van der Waals surface area contributed by atoms with E-state index in [0.29, 0.717) is 0 Å². The molecule has 0 aliphatic heterocycles. The number of azo groups is 1. The van der Waals surface area contributed by atoms with E-state index in [-0.39, 0.29) is 5.75 Å². The Labute approximate surface area is 82.1 Å². The molecule has 1 N–H and O–H groups in total. The molecule has 0 atom stereocenters. The van der Waals surface area contributed by atoms with Crippen LogP contribution in [0.3, 0.4) is 0 Å². The second-order valence-corrected chi connectivity index (χ2v) is 3.01. The summed E-state index contributed by atoms with van der Waals surface area (Å²) < 4.78 is 0. The molecular weight excluding hydrogens is 176 g/mol. The predicted molar refractivity (Wildman–Crippen MR) is 54.5 cm³/mol. The minimum atomic E-state index is 0.241. The van der Waals surface area contributed by atoms with Crippen LogP contribution in [0.25, 0.3) is 0 Å². The number of aromatic hydroxyl groups is 1. The Morgan fingerprint density at radius 1 is 1.07 bits per heavy atom. The quantitative estimate of drug-likeness (QED) is 0.707. The van der Waals surface area contributed by atoms with Gasteiger partial charge >= 0.3 is 0 Å². The maximum Gasteiger partial charge on any atom is 0.115 e. The fourth-order valence-corrected chi connectivity index (χ4v) is 1.15. The van der Waals surface area contributed by atoms with Gasteiger partial charge in [-0.05, 0) is 30.3 Å². The summed E-state index contributed by atoms with van der Waals surface area (Å²) >= 11 is 0. The Morgan fingerprint density at radius 2 is 1.86 bits per heavy atom. The van der Waals surface area contributed by atoms with E-state index < -0.39 is 0 Å². The first-order valence-corrected chi connectivity index (χ1v) is 4.41. The number of hydrogen-bond acceptors (Lipinski definition) is 3. The normalized spacial score (nSPS) is 15.0. The first-order valence-electron chi connectivity index (χ1n) is 4.41. The summed E-state index contributed by atoms with van der Waals surface area (Å²) in [7, 11) is 0. The maximum absolute atomic E-state index is 9.04. The van der Waals surface area contributed by atoms with Gasteiger partial charge in [0.1, 0.15) is 5.75 Å². The highest BCUT2D eigenvalue weighted by Gasteiger charge is 1.96. The SMILES string of the molecule is Oc1ccc(N=NC2=CC=CC2)cc1. The van der Waals surface area contributed by atoms with Crippen LogP contribution in [0.2, 0.25) is 0 Å². The first kappa shape index (κ1) is 8.69. The van der Waals surface area contributed by atoms with Gasteiger partial charge in [0.2, 0.25) is 0 Å². The van der Waals surface area contributed by atoms with Crippen molar-refractivity contribution in [3.8, 4) is 5.75 Å². The number of rotatable bonds is 2. The number of phenols is 1. The molecule has 70 valence electrons. The number of hydrogen-bond donors (Lipinski definition) is 1. The van der Waals surface area contributed by atoms with E-state index in [1.807, 2.05) is 18.2 Å². The molecule has 0 heterocycles. The summed E-state index contributed by atoms with van der Waals surface area (Å²) in [6.45, 7) is 0. The largest absolute Gasteiger partial charge is 0.508 e. The van der Waals surface area contributed by atoms with Gasteiger partial charge in [0.25, 0.3) is 0 Å². The van der Waals surface area contributed by atoms with Crippen LogP contribution in [0.1, 0.15) is 6.42 Å². The van der Waals surface area contributed by atoms with Crippen molar-refractivity contribution in [3.05, 3.63) is 48.2 Å². The third-order valence-electron chi connectivity index (χ3n) is 1.90. The van der Waals surface area contributed by atoms with Crippen LogP contribution in [0.4, 0.5) is 5.69 Å². The lowest BCUT2D eigenvalue weighted by molar-refractivity contribution is 0.475. The molecule has 0 bridgehead atoms. The first-order chi connectivity index (χ1) is 6.84. The van der Waals surface area contributed by atoms with E-state index >= 15 is 0 Å². The lowest BCUT2D eigenvalue weighted by Crippen LogP contribution is -1.68. The lowest BCUT2D eigenvalue weighted by atomic mass is 10.3. The predicted octanol–water partition coefficient (Wildman–Crippen LogP) is 3.32. The molecule has 1 aromatic rings. The van der Waals surface area contributed by atoms with Crippen molar-refractivity contribution >= 4 is 5.69 Å². The molecule has 0 unspecified atom stereocenters. The molecule has 0 fully saturated rings. The molecule has 0 amide bonds. The van der Waals surface area contributed by atoms with E-state index in [0.717, 1.165) is 17.8 Å². The Hall–Kier alpha value is -1.90. The molecule has 2 rings (SSSR count). The zero-order valence-electron chi connectivity index (χ0n) is 7.59. The van der Waals surface area contributed by atoms with Crippen molar-refractivity contribution < 1.29 is 5.11 Å². The van der Waals surface area contributed by atoms with Gasteiger partial charge in [-0.1, -0.05) is 12.2 Å². The third-order valence-corrected chi connectivity index (χ3v) is 1.90. The number of nitrogens with zero attached hydrogens (tertiary/aromatic N) is 2. The van der Waals surface area contributed by atoms with Crippen LogP contribution in [-0.4, -0.2) is 5.11 Å². The van der Waals surface area contributed by atoms with Crippen molar-refractivity contribution in [2.45, 2.75) is 6.42 Å². The topological polar surface area (TPSA) is 45.0 Å². The smallest absolute Gasteiger partial charge is 0.115 e. The summed E-state index contributed by atoms with van der Waals surface area (Å²) in [5.41, 5.74) is 1.70. The van der Waals surface area contributed by atoms with Crippen LogP contribution in [0.5, 0.6) is 5.75 Å². The van der Waals surface area contributed by atoms with E-state index in [1.54, 1.807) is 24.3 Å². The molecule has 14 heavy (non-hydrogen) atoms. The van der Waals surface area contributed by atoms with Gasteiger partial charge in [0, 0.05) is 6.42 Å². The summed E-state index contributed by atoms with van der Waals surface area (Å²) in [5, 5.41) is 17.1. The van der Waals surface area contributed by atoms with Gasteiger partial charge in [-0.15, -0.1) is 0 Å². The molecule has 1 aromatic carbocycles. The molecule has 0 aromatic heterocycles. The molecule has 0 saturated carbocycles. The minimum Gasteiger partial charge on any atom is -0.508 e. The number of allylic oxidation sites excluding steroid dienone is 3. The molecule has 3 heteroatoms. The average molecular weight is 186 g/mol. The summed E-state index contributed by atoms with van der Waals surface area (Å²) in [5.74, 6) is 0.241. The van der Waals surface area contributed by atoms with Gasteiger partial charge in [0.15, 0.2) is 0 Å². The van der Waals surface area contributed by atoms with Crippen molar-refractivity contribution in [2.75, 3.05) is 0 Å². The highest BCUT2D eigenvalue weighted by Crippen LogP contribution is 2.19. The van der Waals surface area contributed by atoms with E-state index in [2.05, 4.69) is 10.2 Å².